The van der Waals surface area contributed by atoms with Crippen molar-refractivity contribution < 1.29 is 19.1 Å². The van der Waals surface area contributed by atoms with E-state index in [2.05, 4.69) is 0 Å². The second-order valence-corrected chi connectivity index (χ2v) is 6.58. The fourth-order valence-corrected chi connectivity index (χ4v) is 3.61. The number of hydrogen-bond acceptors (Lipinski definition) is 4. The van der Waals surface area contributed by atoms with E-state index in [1.807, 2.05) is 13.0 Å². The van der Waals surface area contributed by atoms with Crippen molar-refractivity contribution in [3.63, 3.8) is 0 Å². The summed E-state index contributed by atoms with van der Waals surface area (Å²) in [7, 11) is 0. The van der Waals surface area contributed by atoms with E-state index in [9.17, 15) is 14.7 Å². The van der Waals surface area contributed by atoms with Gasteiger partial charge in [-0.1, -0.05) is 30.3 Å². The van der Waals surface area contributed by atoms with E-state index in [4.69, 9.17) is 9.15 Å². The lowest BCUT2D eigenvalue weighted by molar-refractivity contribution is -0.145. The fourth-order valence-electron chi connectivity index (χ4n) is 3.61. The topological polar surface area (TPSA) is 76.7 Å². The summed E-state index contributed by atoms with van der Waals surface area (Å²) in [5.41, 5.74) is 3.14. The Bertz CT molecular complexity index is 1050. The summed E-state index contributed by atoms with van der Waals surface area (Å²) in [5, 5.41) is 10.4. The lowest BCUT2D eigenvalue weighted by atomic mass is 10.0. The molecule has 0 radical (unpaired) electrons. The van der Waals surface area contributed by atoms with Gasteiger partial charge in [-0.3, -0.25) is 0 Å². The average Bonchev–Trinajstić information content (AvgIpc) is 3.10. The summed E-state index contributed by atoms with van der Waals surface area (Å²) < 4.78 is 11.5. The predicted octanol–water partition coefficient (Wildman–Crippen LogP) is 3.79. The third-order valence-corrected chi connectivity index (χ3v) is 4.75. The third-order valence-electron chi connectivity index (χ3n) is 4.75. The minimum atomic E-state index is -1.13. The number of hydrogen-bond donors (Lipinski definition) is 1. The molecule has 0 amide bonds. The smallest absolute Gasteiger partial charge is 0.349 e. The number of rotatable bonds is 4. The van der Waals surface area contributed by atoms with Crippen LogP contribution in [-0.4, -0.2) is 11.1 Å². The minimum Gasteiger partial charge on any atom is -0.478 e. The van der Waals surface area contributed by atoms with Crippen LogP contribution in [0.4, 0.5) is 0 Å². The van der Waals surface area contributed by atoms with Crippen LogP contribution in [0.25, 0.3) is 11.0 Å². The molecular weight excluding hydrogens is 332 g/mol. The Hall–Kier alpha value is -3.08. The molecule has 3 aromatic rings. The first-order valence-electron chi connectivity index (χ1n) is 8.58. The second kappa shape index (κ2) is 6.33. The summed E-state index contributed by atoms with van der Waals surface area (Å²) in [6, 6.07) is 12.4. The molecular formula is C21H18O5. The fraction of sp³-hybridized carbons (Fsp3) is 0.238. The molecule has 1 aliphatic carbocycles. The van der Waals surface area contributed by atoms with E-state index in [1.165, 1.54) is 0 Å². The first-order valence-corrected chi connectivity index (χ1v) is 8.58. The Kier molecular flexibility index (Phi) is 3.99. The Balaban J connectivity index is 1.90. The predicted molar refractivity (Wildman–Crippen MR) is 96.7 cm³/mol. The number of aryl methyl sites for hydroxylation is 2. The largest absolute Gasteiger partial charge is 0.478 e. The molecule has 26 heavy (non-hydrogen) atoms. The van der Waals surface area contributed by atoms with Gasteiger partial charge in [0, 0.05) is 11.1 Å². The van der Waals surface area contributed by atoms with Gasteiger partial charge in [0.1, 0.15) is 11.3 Å². The van der Waals surface area contributed by atoms with Crippen molar-refractivity contribution in [3.8, 4) is 5.75 Å². The van der Waals surface area contributed by atoms with Gasteiger partial charge in [0.05, 0.1) is 5.39 Å². The number of carboxylic acids is 1. The summed E-state index contributed by atoms with van der Waals surface area (Å²) in [5.74, 6) is -0.627. The van der Waals surface area contributed by atoms with Crippen molar-refractivity contribution >= 4 is 16.9 Å². The zero-order chi connectivity index (χ0) is 18.3. The van der Waals surface area contributed by atoms with Gasteiger partial charge >= 0.3 is 11.6 Å². The van der Waals surface area contributed by atoms with E-state index >= 15 is 0 Å². The van der Waals surface area contributed by atoms with Crippen molar-refractivity contribution in [2.45, 2.75) is 32.3 Å². The molecule has 1 aromatic heterocycles. The van der Waals surface area contributed by atoms with E-state index in [0.29, 0.717) is 34.3 Å². The van der Waals surface area contributed by atoms with Crippen LogP contribution in [0.1, 0.15) is 34.8 Å². The van der Waals surface area contributed by atoms with E-state index in [0.717, 1.165) is 24.0 Å². The second-order valence-electron chi connectivity index (χ2n) is 6.58. The molecule has 0 aliphatic heterocycles. The third kappa shape index (κ3) is 2.75. The Morgan fingerprint density at radius 2 is 1.88 bits per heavy atom. The maximum Gasteiger partial charge on any atom is 0.349 e. The van der Waals surface area contributed by atoms with Crippen LogP contribution in [0, 0.1) is 6.92 Å². The molecule has 132 valence electrons. The van der Waals surface area contributed by atoms with Crippen LogP contribution in [0.2, 0.25) is 0 Å². The van der Waals surface area contributed by atoms with Crippen LogP contribution in [0.3, 0.4) is 0 Å². The van der Waals surface area contributed by atoms with Crippen LogP contribution < -0.4 is 10.4 Å². The van der Waals surface area contributed by atoms with Gasteiger partial charge < -0.3 is 14.3 Å². The normalized spacial score (nSPS) is 14.2. The van der Waals surface area contributed by atoms with Crippen LogP contribution in [0.5, 0.6) is 5.75 Å². The maximum absolute atomic E-state index is 12.2. The Morgan fingerprint density at radius 1 is 1.15 bits per heavy atom. The highest BCUT2D eigenvalue weighted by molar-refractivity contribution is 5.89. The molecule has 1 heterocycles. The number of carbonyl (C=O) groups is 1. The lowest BCUT2D eigenvalue weighted by Gasteiger charge is -2.18. The molecule has 1 aliphatic rings. The summed E-state index contributed by atoms with van der Waals surface area (Å²) >= 11 is 0. The molecule has 0 fully saturated rings. The zero-order valence-corrected chi connectivity index (χ0v) is 14.3. The monoisotopic (exact) mass is 350 g/mol. The zero-order valence-electron chi connectivity index (χ0n) is 14.3. The van der Waals surface area contributed by atoms with Gasteiger partial charge in [-0.2, -0.15) is 0 Å². The number of aliphatic carboxylic acids is 1. The van der Waals surface area contributed by atoms with Gasteiger partial charge in [0.15, 0.2) is 0 Å². The Morgan fingerprint density at radius 3 is 2.62 bits per heavy atom. The van der Waals surface area contributed by atoms with Crippen molar-refractivity contribution in [1.82, 2.24) is 0 Å². The van der Waals surface area contributed by atoms with Crippen molar-refractivity contribution in [3.05, 3.63) is 75.1 Å². The number of fused-ring (bicyclic) bond motifs is 3. The summed E-state index contributed by atoms with van der Waals surface area (Å²) in [6.07, 6.45) is 1.19. The van der Waals surface area contributed by atoms with E-state index in [1.54, 1.807) is 36.4 Å². The molecule has 2 aromatic carbocycles. The molecule has 5 heteroatoms. The summed E-state index contributed by atoms with van der Waals surface area (Å²) in [6.45, 7) is 1.86. The van der Waals surface area contributed by atoms with Crippen LogP contribution >= 0.6 is 0 Å². The number of benzene rings is 2. The van der Waals surface area contributed by atoms with Gasteiger partial charge in [-0.05, 0) is 49.4 Å². The number of ether oxygens (including phenoxy) is 1. The SMILES string of the molecule is Cc1cc(O[C@H](C(=O)O)c2ccccc2)c2c3c(c(=O)oc2c1)CCC3. The minimum absolute atomic E-state index is 0.306. The first-order chi connectivity index (χ1) is 12.5. The molecule has 5 nitrogen and oxygen atoms in total. The van der Waals surface area contributed by atoms with Gasteiger partial charge in [-0.25, -0.2) is 9.59 Å². The Labute approximate surface area is 149 Å². The lowest BCUT2D eigenvalue weighted by Crippen LogP contribution is -2.18. The van der Waals surface area contributed by atoms with Crippen molar-refractivity contribution in [1.29, 1.82) is 0 Å². The van der Waals surface area contributed by atoms with Crippen LogP contribution in [-0.2, 0) is 17.6 Å². The van der Waals surface area contributed by atoms with Crippen molar-refractivity contribution in [2.24, 2.45) is 0 Å². The first kappa shape index (κ1) is 16.4. The maximum atomic E-state index is 12.2. The molecule has 0 saturated heterocycles. The van der Waals surface area contributed by atoms with E-state index in [-0.39, 0.29) is 5.63 Å². The standard InChI is InChI=1S/C21H18O5/c1-12-10-16(25-19(20(22)23)13-6-3-2-4-7-13)18-14-8-5-9-15(14)21(24)26-17(18)11-12/h2-4,6-7,10-11,19H,5,8-9H2,1H3,(H,22,23)/t19-/m0/s1. The summed E-state index contributed by atoms with van der Waals surface area (Å²) in [4.78, 5) is 24.0. The molecule has 4 rings (SSSR count). The molecule has 1 N–H and O–H groups in total. The highest BCUT2D eigenvalue weighted by Gasteiger charge is 2.26. The molecule has 0 saturated carbocycles. The van der Waals surface area contributed by atoms with Crippen LogP contribution in [0.15, 0.2) is 51.7 Å². The van der Waals surface area contributed by atoms with Gasteiger partial charge in [-0.15, -0.1) is 0 Å². The van der Waals surface area contributed by atoms with E-state index < -0.39 is 12.1 Å². The molecule has 0 bridgehead atoms. The van der Waals surface area contributed by atoms with Gasteiger partial charge in [0.25, 0.3) is 0 Å². The quantitative estimate of drug-likeness (QED) is 0.724. The highest BCUT2D eigenvalue weighted by atomic mass is 16.5. The average molecular weight is 350 g/mol. The number of carboxylic acid groups (broad SMARTS) is 1. The molecule has 1 atom stereocenters. The molecule has 0 spiro atoms. The van der Waals surface area contributed by atoms with Gasteiger partial charge in [0.2, 0.25) is 6.10 Å². The van der Waals surface area contributed by atoms with Crippen molar-refractivity contribution in [2.75, 3.05) is 0 Å². The molecule has 0 unspecified atom stereocenters. The highest BCUT2D eigenvalue weighted by Crippen LogP contribution is 2.37.